The second-order valence-corrected chi connectivity index (χ2v) is 4.90. The minimum atomic E-state index is -0.0490. The van der Waals surface area contributed by atoms with Crippen LogP contribution in [0.3, 0.4) is 0 Å². The van der Waals surface area contributed by atoms with Crippen molar-refractivity contribution in [1.29, 1.82) is 0 Å². The molecule has 3 N–H and O–H groups in total. The second kappa shape index (κ2) is 6.19. The molecule has 4 heteroatoms. The Morgan fingerprint density at radius 2 is 2.00 bits per heavy atom. The molecule has 0 bridgehead atoms. The van der Waals surface area contributed by atoms with Crippen molar-refractivity contribution in [3.63, 3.8) is 0 Å². The third kappa shape index (κ3) is 3.57. The Morgan fingerprint density at radius 1 is 1.30 bits per heavy atom. The largest absolute Gasteiger partial charge is 0.399 e. The molecule has 104 valence electrons. The first-order valence-corrected chi connectivity index (χ1v) is 6.61. The van der Waals surface area contributed by atoms with Gasteiger partial charge in [-0.25, -0.2) is 0 Å². The molecule has 0 saturated carbocycles. The van der Waals surface area contributed by atoms with Gasteiger partial charge in [-0.05, 0) is 43.2 Å². The van der Waals surface area contributed by atoms with Crippen LogP contribution < -0.4 is 11.1 Å². The van der Waals surface area contributed by atoms with E-state index in [0.29, 0.717) is 6.42 Å². The van der Waals surface area contributed by atoms with Crippen molar-refractivity contribution in [1.82, 2.24) is 10.3 Å². The number of aryl methyl sites for hydroxylation is 1. The number of hydrogen-bond donors (Lipinski definition) is 2. The molecule has 0 fully saturated rings. The van der Waals surface area contributed by atoms with Crippen LogP contribution in [0.25, 0.3) is 0 Å². The number of benzene rings is 1. The van der Waals surface area contributed by atoms with Gasteiger partial charge in [0.2, 0.25) is 5.91 Å². The van der Waals surface area contributed by atoms with Gasteiger partial charge < -0.3 is 11.1 Å². The van der Waals surface area contributed by atoms with Crippen molar-refractivity contribution in [2.24, 2.45) is 0 Å². The van der Waals surface area contributed by atoms with Gasteiger partial charge in [0.25, 0.3) is 0 Å². The van der Waals surface area contributed by atoms with Crippen LogP contribution in [0.15, 0.2) is 42.6 Å². The van der Waals surface area contributed by atoms with Gasteiger partial charge in [-0.3, -0.25) is 9.78 Å². The fourth-order valence-corrected chi connectivity index (χ4v) is 2.02. The van der Waals surface area contributed by atoms with Crippen LogP contribution in [-0.4, -0.2) is 10.9 Å². The van der Waals surface area contributed by atoms with Crippen LogP contribution in [0.5, 0.6) is 0 Å². The molecule has 0 aliphatic rings. The van der Waals surface area contributed by atoms with E-state index in [4.69, 9.17) is 5.73 Å². The molecule has 0 aliphatic carbocycles. The van der Waals surface area contributed by atoms with Crippen molar-refractivity contribution in [3.05, 3.63) is 59.4 Å². The minimum absolute atomic E-state index is 0.0314. The normalized spacial score (nSPS) is 11.9. The molecule has 1 aromatic carbocycles. The zero-order valence-corrected chi connectivity index (χ0v) is 11.8. The molecule has 0 radical (unpaired) electrons. The lowest BCUT2D eigenvalue weighted by Gasteiger charge is -2.14. The number of pyridine rings is 1. The van der Waals surface area contributed by atoms with Crippen LogP contribution in [-0.2, 0) is 11.2 Å². The molecular formula is C16H19N3O. The zero-order valence-electron chi connectivity index (χ0n) is 11.8. The maximum Gasteiger partial charge on any atom is 0.226 e. The van der Waals surface area contributed by atoms with E-state index in [9.17, 15) is 4.79 Å². The smallest absolute Gasteiger partial charge is 0.226 e. The zero-order chi connectivity index (χ0) is 14.5. The molecule has 1 aromatic heterocycles. The Morgan fingerprint density at radius 3 is 2.65 bits per heavy atom. The summed E-state index contributed by atoms with van der Waals surface area (Å²) >= 11 is 0. The van der Waals surface area contributed by atoms with Gasteiger partial charge in [0.15, 0.2) is 0 Å². The van der Waals surface area contributed by atoms with E-state index in [-0.39, 0.29) is 11.9 Å². The monoisotopic (exact) mass is 269 g/mol. The summed E-state index contributed by atoms with van der Waals surface area (Å²) in [6, 6.07) is 11.3. The molecule has 2 aromatic rings. The van der Waals surface area contributed by atoms with Crippen LogP contribution in [0.1, 0.15) is 29.8 Å². The number of carbonyl (C=O) groups is 1. The summed E-state index contributed by atoms with van der Waals surface area (Å²) in [6.45, 7) is 3.91. The van der Waals surface area contributed by atoms with Gasteiger partial charge in [-0.1, -0.05) is 18.2 Å². The van der Waals surface area contributed by atoms with Crippen LogP contribution in [0, 0.1) is 6.92 Å². The lowest BCUT2D eigenvalue weighted by molar-refractivity contribution is -0.121. The minimum Gasteiger partial charge on any atom is -0.399 e. The number of carbonyl (C=O) groups excluding carboxylic acids is 1. The number of hydrogen-bond acceptors (Lipinski definition) is 3. The quantitative estimate of drug-likeness (QED) is 0.837. The maximum atomic E-state index is 12.0. The molecule has 0 spiro atoms. The Bertz CT molecular complexity index is 593. The maximum absolute atomic E-state index is 12.0. The summed E-state index contributed by atoms with van der Waals surface area (Å²) in [6.07, 6.45) is 2.00. The number of nitrogen functional groups attached to an aromatic ring is 1. The molecule has 20 heavy (non-hydrogen) atoms. The van der Waals surface area contributed by atoms with Crippen LogP contribution in [0.2, 0.25) is 0 Å². The summed E-state index contributed by atoms with van der Waals surface area (Å²) in [5.74, 6) is -0.0314. The summed E-state index contributed by atoms with van der Waals surface area (Å²) < 4.78 is 0. The molecule has 1 amide bonds. The second-order valence-electron chi connectivity index (χ2n) is 4.90. The van der Waals surface area contributed by atoms with Crippen LogP contribution in [0.4, 0.5) is 5.69 Å². The Labute approximate surface area is 119 Å². The molecule has 4 nitrogen and oxygen atoms in total. The highest BCUT2D eigenvalue weighted by molar-refractivity contribution is 5.78. The highest BCUT2D eigenvalue weighted by atomic mass is 16.1. The highest BCUT2D eigenvalue weighted by Gasteiger charge is 2.11. The fourth-order valence-electron chi connectivity index (χ4n) is 2.02. The van der Waals surface area contributed by atoms with Crippen molar-refractivity contribution in [2.45, 2.75) is 26.3 Å². The number of aromatic nitrogens is 1. The van der Waals surface area contributed by atoms with Crippen molar-refractivity contribution in [3.8, 4) is 0 Å². The van der Waals surface area contributed by atoms with E-state index in [1.54, 1.807) is 6.20 Å². The summed E-state index contributed by atoms with van der Waals surface area (Å²) in [5.41, 5.74) is 9.25. The van der Waals surface area contributed by atoms with Gasteiger partial charge in [-0.2, -0.15) is 0 Å². The SMILES string of the molecule is Cc1cccnc1CC(=O)NC(C)c1ccc(N)cc1. The van der Waals surface area contributed by atoms with E-state index >= 15 is 0 Å². The summed E-state index contributed by atoms with van der Waals surface area (Å²) in [5, 5.41) is 2.97. The molecule has 1 atom stereocenters. The lowest BCUT2D eigenvalue weighted by atomic mass is 10.1. The lowest BCUT2D eigenvalue weighted by Crippen LogP contribution is -2.28. The predicted molar refractivity (Wildman–Crippen MR) is 80.1 cm³/mol. The molecule has 0 saturated heterocycles. The average molecular weight is 269 g/mol. The molecule has 1 heterocycles. The molecular weight excluding hydrogens is 250 g/mol. The summed E-state index contributed by atoms with van der Waals surface area (Å²) in [7, 11) is 0. The Balaban J connectivity index is 1.98. The Hall–Kier alpha value is -2.36. The van der Waals surface area contributed by atoms with E-state index in [0.717, 1.165) is 22.5 Å². The van der Waals surface area contributed by atoms with E-state index < -0.39 is 0 Å². The van der Waals surface area contributed by atoms with Crippen molar-refractivity contribution in [2.75, 3.05) is 5.73 Å². The first-order valence-electron chi connectivity index (χ1n) is 6.61. The van der Waals surface area contributed by atoms with Crippen LogP contribution >= 0.6 is 0 Å². The number of nitrogens with two attached hydrogens (primary N) is 1. The van der Waals surface area contributed by atoms with E-state index in [1.807, 2.05) is 50.2 Å². The number of nitrogens with one attached hydrogen (secondary N) is 1. The topological polar surface area (TPSA) is 68.0 Å². The van der Waals surface area contributed by atoms with Crippen molar-refractivity contribution < 1.29 is 4.79 Å². The highest BCUT2D eigenvalue weighted by Crippen LogP contribution is 2.14. The first-order chi connectivity index (χ1) is 9.56. The van der Waals surface area contributed by atoms with E-state index in [1.165, 1.54) is 0 Å². The fraction of sp³-hybridized carbons (Fsp3) is 0.250. The molecule has 1 unspecified atom stereocenters. The number of nitrogens with zero attached hydrogens (tertiary/aromatic N) is 1. The third-order valence-corrected chi connectivity index (χ3v) is 3.26. The van der Waals surface area contributed by atoms with Gasteiger partial charge >= 0.3 is 0 Å². The Kier molecular flexibility index (Phi) is 4.35. The predicted octanol–water partition coefficient (Wildman–Crippen LogP) is 2.39. The van der Waals surface area contributed by atoms with Gasteiger partial charge in [0, 0.05) is 11.9 Å². The van der Waals surface area contributed by atoms with Gasteiger partial charge in [-0.15, -0.1) is 0 Å². The third-order valence-electron chi connectivity index (χ3n) is 3.26. The standard InChI is InChI=1S/C16H19N3O/c1-11-4-3-9-18-15(11)10-16(20)19-12(2)13-5-7-14(17)8-6-13/h3-9,12H,10,17H2,1-2H3,(H,19,20). The van der Waals surface area contributed by atoms with Crippen molar-refractivity contribution >= 4 is 11.6 Å². The number of rotatable bonds is 4. The number of anilines is 1. The summed E-state index contributed by atoms with van der Waals surface area (Å²) in [4.78, 5) is 16.3. The first kappa shape index (κ1) is 14.1. The van der Waals surface area contributed by atoms with Gasteiger partial charge in [0.1, 0.15) is 0 Å². The van der Waals surface area contributed by atoms with Gasteiger partial charge in [0.05, 0.1) is 18.2 Å². The molecule has 2 rings (SSSR count). The number of amides is 1. The average Bonchev–Trinajstić information content (AvgIpc) is 2.42. The molecule has 0 aliphatic heterocycles. The van der Waals surface area contributed by atoms with E-state index in [2.05, 4.69) is 10.3 Å².